The maximum atomic E-state index is 5.34. The van der Waals surface area contributed by atoms with E-state index in [-0.39, 0.29) is 0 Å². The van der Waals surface area contributed by atoms with Gasteiger partial charge in [0.15, 0.2) is 0 Å². The normalized spacial score (nSPS) is 11.8. The highest BCUT2D eigenvalue weighted by molar-refractivity contribution is 6.26. The smallest absolute Gasteiger partial charge is 0.138 e. The van der Waals surface area contributed by atoms with Crippen molar-refractivity contribution >= 4 is 131 Å². The van der Waals surface area contributed by atoms with Crippen molar-refractivity contribution < 1.29 is 0 Å². The monoisotopic (exact) mass is 1480 g/mol. The molecule has 0 amide bonds. The fourth-order valence-corrected chi connectivity index (χ4v) is 18.0. The highest BCUT2D eigenvalue weighted by Gasteiger charge is 2.23. The van der Waals surface area contributed by atoms with Crippen LogP contribution in [-0.4, -0.2) is 43.2 Å². The third kappa shape index (κ3) is 11.0. The van der Waals surface area contributed by atoms with Crippen LogP contribution >= 0.6 is 0 Å². The molecule has 9 heterocycles. The molecular formula is C107H67N9. The third-order valence-electron chi connectivity index (χ3n) is 23.3. The van der Waals surface area contributed by atoms with E-state index in [1.165, 1.54) is 53.9 Å². The summed E-state index contributed by atoms with van der Waals surface area (Å²) in [5.41, 5.74) is 27.0. The first-order chi connectivity index (χ1) is 57.5. The maximum absolute atomic E-state index is 5.34. The topological polar surface area (TPSA) is 84.2 Å². The number of para-hydroxylation sites is 1. The van der Waals surface area contributed by atoms with Crippen molar-refractivity contribution in [3.63, 3.8) is 0 Å². The Morgan fingerprint density at radius 3 is 0.983 bits per heavy atom. The largest absolute Gasteiger partial charge is 0.308 e. The molecule has 9 heteroatoms. The molecule has 116 heavy (non-hydrogen) atoms. The quantitative estimate of drug-likeness (QED) is 0.127. The first-order valence-electron chi connectivity index (χ1n) is 39.3. The molecule has 0 fully saturated rings. The molecule has 0 saturated carbocycles. The minimum Gasteiger partial charge on any atom is -0.308 e. The van der Waals surface area contributed by atoms with Crippen LogP contribution in [0.1, 0.15) is 0 Å². The zero-order valence-electron chi connectivity index (χ0n) is 62.7. The lowest BCUT2D eigenvalue weighted by Crippen LogP contribution is -2.00. The predicted molar refractivity (Wildman–Crippen MR) is 482 cm³/mol. The van der Waals surface area contributed by atoms with Crippen molar-refractivity contribution in [2.75, 3.05) is 0 Å². The summed E-state index contributed by atoms with van der Waals surface area (Å²) in [6, 6.07) is 139. The van der Waals surface area contributed by atoms with Crippen LogP contribution in [0, 0.1) is 0 Å². The highest BCUT2D eigenvalue weighted by Crippen LogP contribution is 2.44. The number of aromatic nitrogens is 9. The average molecular weight is 1480 g/mol. The fraction of sp³-hybridized carbons (Fsp3) is 0. The van der Waals surface area contributed by atoms with E-state index < -0.39 is 0 Å². The Morgan fingerprint density at radius 2 is 0.500 bits per heavy atom. The van der Waals surface area contributed by atoms with Gasteiger partial charge in [0, 0.05) is 68.0 Å². The predicted octanol–water partition coefficient (Wildman–Crippen LogP) is 27.4. The Hall–Kier alpha value is -15.7. The molecule has 0 bridgehead atoms. The molecule has 24 rings (SSSR count). The van der Waals surface area contributed by atoms with Gasteiger partial charge in [0.1, 0.15) is 11.6 Å². The summed E-state index contributed by atoms with van der Waals surface area (Å²) in [7, 11) is 0. The van der Waals surface area contributed by atoms with E-state index in [9.17, 15) is 0 Å². The minimum atomic E-state index is 0.852. The summed E-state index contributed by atoms with van der Waals surface area (Å²) in [5.74, 6) is 1.74. The number of hydrogen-bond acceptors (Lipinski definition) is 5. The van der Waals surface area contributed by atoms with Gasteiger partial charge in [-0.15, -0.1) is 0 Å². The Kier molecular flexibility index (Phi) is 15.4. The van der Waals surface area contributed by atoms with E-state index >= 15 is 0 Å². The first-order valence-corrected chi connectivity index (χ1v) is 39.3. The zero-order valence-corrected chi connectivity index (χ0v) is 62.7. The number of hydrogen-bond donors (Lipinski definition) is 0. The second kappa shape index (κ2) is 27.1. The Labute approximate surface area is 666 Å². The van der Waals surface area contributed by atoms with Crippen LogP contribution < -0.4 is 0 Å². The standard InChI is InChI=1S/C58H36N4.C49H31N5/c1-3-14-37(15-4-1)41-34-52(38-16-5-2-6-17-38)60-57(35-41)62-53-23-12-11-22-48(53)50-32-39(25-29-54(50)62)40-26-30-55-51(33-40)58-56(24-13-31-59-58)61(55)42-27-28-47-45-20-8-7-18-43(45)44-19-9-10-21-46(44)49(47)36-42;1-3-11-32(12-4-1)38-30-42(34-14-5-2-6-15-34)52-47(31-38)54-44-24-21-37(29-41(44)49-46(54)18-10-26-51-49)36-20-23-43-40(28-36)48-45(17-9-25-50-48)53(43)39-22-19-33-13-7-8-16-35(33)27-39/h1-36H;1-31H. The Bertz CT molecular complexity index is 7930. The van der Waals surface area contributed by atoms with Gasteiger partial charge in [0.05, 0.1) is 72.1 Å². The first kappa shape index (κ1) is 66.1. The van der Waals surface area contributed by atoms with Gasteiger partial charge >= 0.3 is 0 Å². The molecule has 15 aromatic carbocycles. The van der Waals surface area contributed by atoms with Crippen molar-refractivity contribution in [3.05, 3.63) is 407 Å². The van der Waals surface area contributed by atoms with Gasteiger partial charge in [-0.3, -0.25) is 24.1 Å². The molecule has 9 nitrogen and oxygen atoms in total. The van der Waals surface area contributed by atoms with Crippen LogP contribution in [0.5, 0.6) is 0 Å². The van der Waals surface area contributed by atoms with Gasteiger partial charge < -0.3 is 9.13 Å². The van der Waals surface area contributed by atoms with Gasteiger partial charge in [0.2, 0.25) is 0 Å². The van der Waals surface area contributed by atoms with Gasteiger partial charge in [-0.05, 0) is 227 Å². The summed E-state index contributed by atoms with van der Waals surface area (Å²) in [5, 5.41) is 15.7. The molecule has 0 atom stereocenters. The van der Waals surface area contributed by atoms with E-state index in [0.717, 1.165) is 167 Å². The summed E-state index contributed by atoms with van der Waals surface area (Å²) in [6.07, 6.45) is 5.67. The second-order valence-electron chi connectivity index (χ2n) is 29.9. The number of rotatable bonds is 10. The van der Waals surface area contributed by atoms with Crippen molar-refractivity contribution in [1.29, 1.82) is 0 Å². The second-order valence-corrected chi connectivity index (χ2v) is 29.9. The lowest BCUT2D eigenvalue weighted by atomic mass is 9.94. The van der Waals surface area contributed by atoms with Gasteiger partial charge in [-0.1, -0.05) is 249 Å². The molecule has 0 saturated heterocycles. The molecule has 0 unspecified atom stereocenters. The van der Waals surface area contributed by atoms with E-state index in [1.54, 1.807) is 0 Å². The van der Waals surface area contributed by atoms with Crippen LogP contribution in [-0.2, 0) is 0 Å². The van der Waals surface area contributed by atoms with Crippen LogP contribution in [0.25, 0.3) is 221 Å². The molecule has 0 N–H and O–H groups in total. The van der Waals surface area contributed by atoms with E-state index in [4.69, 9.17) is 24.9 Å². The lowest BCUT2D eigenvalue weighted by Gasteiger charge is -2.14. The summed E-state index contributed by atoms with van der Waals surface area (Å²) >= 11 is 0. The number of pyridine rings is 5. The summed E-state index contributed by atoms with van der Waals surface area (Å²) in [4.78, 5) is 25.5. The molecule has 540 valence electrons. The van der Waals surface area contributed by atoms with E-state index in [2.05, 4.69) is 382 Å². The van der Waals surface area contributed by atoms with Gasteiger partial charge in [0.25, 0.3) is 0 Å². The molecular weight excluding hydrogens is 1410 g/mol. The molecule has 0 aliphatic heterocycles. The van der Waals surface area contributed by atoms with E-state index in [1.807, 2.05) is 42.9 Å². The van der Waals surface area contributed by atoms with Gasteiger partial charge in [-0.2, -0.15) is 0 Å². The maximum Gasteiger partial charge on any atom is 0.138 e. The molecule has 0 spiro atoms. The molecule has 24 aromatic rings. The van der Waals surface area contributed by atoms with Crippen molar-refractivity contribution in [3.8, 4) is 90.0 Å². The Morgan fingerprint density at radius 1 is 0.164 bits per heavy atom. The van der Waals surface area contributed by atoms with E-state index in [0.29, 0.717) is 0 Å². The van der Waals surface area contributed by atoms with Crippen molar-refractivity contribution in [1.82, 2.24) is 43.2 Å². The van der Waals surface area contributed by atoms with Crippen LogP contribution in [0.15, 0.2) is 407 Å². The number of nitrogens with zero attached hydrogens (tertiary/aromatic N) is 9. The summed E-state index contributed by atoms with van der Waals surface area (Å²) < 4.78 is 9.28. The lowest BCUT2D eigenvalue weighted by molar-refractivity contribution is 1.08. The SMILES string of the molecule is c1ccc(-c2cc(-c3ccccc3)nc(-n3c4ccc(-c5ccc6c(c5)c5ncccc5n6-c5ccc6ccccc6c5)cc4c4ncccc43)c2)cc1.c1ccc(-c2cc(-c3ccccc3)nc(-n3c4ccccc4c4cc(-c5ccc6c(c5)c5ncccc5n6-c5ccc6c7ccccc7c7ccccc7c6c5)ccc43)c2)cc1. The molecule has 0 aliphatic rings. The van der Waals surface area contributed by atoms with Crippen molar-refractivity contribution in [2.45, 2.75) is 0 Å². The zero-order chi connectivity index (χ0) is 76.3. The summed E-state index contributed by atoms with van der Waals surface area (Å²) in [6.45, 7) is 0. The average Bonchev–Trinajstić information content (AvgIpc) is 1.42. The fourth-order valence-electron chi connectivity index (χ4n) is 18.0. The van der Waals surface area contributed by atoms with Crippen LogP contribution in [0.3, 0.4) is 0 Å². The number of benzene rings is 15. The molecule has 9 aromatic heterocycles. The molecule has 0 radical (unpaired) electrons. The van der Waals surface area contributed by atoms with Gasteiger partial charge in [-0.25, -0.2) is 9.97 Å². The third-order valence-corrected chi connectivity index (χ3v) is 23.3. The van der Waals surface area contributed by atoms with Crippen molar-refractivity contribution in [2.24, 2.45) is 0 Å². The molecule has 0 aliphatic carbocycles. The minimum absolute atomic E-state index is 0.852. The number of fused-ring (bicyclic) bond motifs is 19. The van der Waals surface area contributed by atoms with Crippen LogP contribution in [0.4, 0.5) is 0 Å². The highest BCUT2D eigenvalue weighted by atomic mass is 15.1. The van der Waals surface area contributed by atoms with Crippen LogP contribution in [0.2, 0.25) is 0 Å². The Balaban J connectivity index is 0.000000138.